The molecule has 0 aromatic rings. The van der Waals surface area contributed by atoms with Crippen LogP contribution >= 0.6 is 0 Å². The van der Waals surface area contributed by atoms with Crippen molar-refractivity contribution >= 4 is 0 Å². The quantitative estimate of drug-likeness (QED) is 0.424. The molecule has 4 saturated carbocycles. The first-order chi connectivity index (χ1) is 14.8. The van der Waals surface area contributed by atoms with Crippen LogP contribution in [-0.4, -0.2) is 22.9 Å². The van der Waals surface area contributed by atoms with E-state index in [0.29, 0.717) is 40.6 Å². The monoisotopic (exact) mass is 442 g/mol. The van der Waals surface area contributed by atoms with Gasteiger partial charge in [0.2, 0.25) is 0 Å². The van der Waals surface area contributed by atoms with E-state index in [4.69, 9.17) is 0 Å². The minimum atomic E-state index is -0.153. The van der Waals surface area contributed by atoms with Crippen molar-refractivity contribution < 1.29 is 10.2 Å². The zero-order chi connectivity index (χ0) is 23.4. The molecule has 0 radical (unpaired) electrons. The van der Waals surface area contributed by atoms with Crippen LogP contribution < -0.4 is 0 Å². The molecule has 4 fully saturated rings. The lowest BCUT2D eigenvalue weighted by molar-refractivity contribution is -0.204. The summed E-state index contributed by atoms with van der Waals surface area (Å²) in [6.07, 6.45) is 14.6. The highest BCUT2D eigenvalue weighted by Gasteiger charge is 2.68. The standard InChI is InChI=1S/C30H50O2/c1-25(2)14-16-30(19-31)17-15-28(6)20(21(30)18-25)8-9-23-27(5)12-11-24(32)26(3,4)22(27)10-13-29(23,28)7/h8,21-24,31-32H,9-19H2,1-7H3/t21-,22?,23-,24+,27+,28-,29-,30-/m1/s1. The van der Waals surface area contributed by atoms with E-state index in [9.17, 15) is 10.2 Å². The third-order valence-corrected chi connectivity index (χ3v) is 13.1. The van der Waals surface area contributed by atoms with Crippen LogP contribution in [0.25, 0.3) is 0 Å². The van der Waals surface area contributed by atoms with Gasteiger partial charge >= 0.3 is 0 Å². The van der Waals surface area contributed by atoms with Crippen LogP contribution in [0.5, 0.6) is 0 Å². The third-order valence-electron chi connectivity index (χ3n) is 13.1. The Morgan fingerprint density at radius 3 is 2.22 bits per heavy atom. The zero-order valence-electron chi connectivity index (χ0n) is 22.1. The molecule has 2 N–H and O–H groups in total. The molecule has 0 amide bonds. The summed E-state index contributed by atoms with van der Waals surface area (Å²) in [6, 6.07) is 0. The van der Waals surface area contributed by atoms with Crippen LogP contribution in [0.2, 0.25) is 0 Å². The molecule has 2 nitrogen and oxygen atoms in total. The SMILES string of the molecule is CC1(C)CC[C@]2(CO)CC[C@]3(C)C(=CC[C@@H]4[C@@]5(C)CC[C@H](O)C(C)(C)C5CC[C@]43C)[C@H]2C1. The largest absolute Gasteiger partial charge is 0.396 e. The highest BCUT2D eigenvalue weighted by Crippen LogP contribution is 2.75. The number of aliphatic hydroxyl groups excluding tert-OH is 2. The average molecular weight is 443 g/mol. The van der Waals surface area contributed by atoms with Gasteiger partial charge in [0.1, 0.15) is 0 Å². The molecule has 0 bridgehead atoms. The van der Waals surface area contributed by atoms with Gasteiger partial charge in [-0.2, -0.15) is 0 Å². The number of rotatable bonds is 1. The van der Waals surface area contributed by atoms with Crippen molar-refractivity contribution in [2.45, 2.75) is 119 Å². The lowest BCUT2D eigenvalue weighted by Crippen LogP contribution is -2.64. The molecular formula is C30H50O2. The van der Waals surface area contributed by atoms with Gasteiger partial charge in [-0.25, -0.2) is 0 Å². The van der Waals surface area contributed by atoms with Crippen LogP contribution in [0.4, 0.5) is 0 Å². The van der Waals surface area contributed by atoms with E-state index < -0.39 is 0 Å². The van der Waals surface area contributed by atoms with Crippen LogP contribution in [0, 0.1) is 50.2 Å². The van der Waals surface area contributed by atoms with Gasteiger partial charge in [0, 0.05) is 12.0 Å². The molecule has 8 atom stereocenters. The average Bonchev–Trinajstić information content (AvgIpc) is 2.71. The van der Waals surface area contributed by atoms with Crippen molar-refractivity contribution in [2.75, 3.05) is 6.61 Å². The Labute approximate surface area is 197 Å². The predicted octanol–water partition coefficient (Wildman–Crippen LogP) is 7.14. The van der Waals surface area contributed by atoms with Gasteiger partial charge in [0.15, 0.2) is 0 Å². The van der Waals surface area contributed by atoms with E-state index in [1.165, 1.54) is 57.8 Å². The van der Waals surface area contributed by atoms with Crippen LogP contribution in [0.3, 0.4) is 0 Å². The smallest absolute Gasteiger partial charge is 0.0594 e. The summed E-state index contributed by atoms with van der Waals surface area (Å²) in [5.74, 6) is 1.87. The van der Waals surface area contributed by atoms with Crippen molar-refractivity contribution in [1.82, 2.24) is 0 Å². The van der Waals surface area contributed by atoms with Gasteiger partial charge in [-0.15, -0.1) is 0 Å². The van der Waals surface area contributed by atoms with Gasteiger partial charge in [-0.05, 0) is 109 Å². The van der Waals surface area contributed by atoms with Crippen molar-refractivity contribution in [1.29, 1.82) is 0 Å². The molecular weight excluding hydrogens is 392 g/mol. The van der Waals surface area contributed by atoms with E-state index in [-0.39, 0.29) is 22.3 Å². The second kappa shape index (κ2) is 6.87. The number of fused-ring (bicyclic) bond motifs is 7. The Bertz CT molecular complexity index is 810. The lowest BCUT2D eigenvalue weighted by atomic mass is 9.33. The summed E-state index contributed by atoms with van der Waals surface area (Å²) in [5, 5.41) is 21.5. The van der Waals surface area contributed by atoms with Gasteiger partial charge in [0.25, 0.3) is 0 Å². The van der Waals surface area contributed by atoms with E-state index in [1.54, 1.807) is 5.57 Å². The zero-order valence-corrected chi connectivity index (χ0v) is 22.1. The molecule has 0 spiro atoms. The van der Waals surface area contributed by atoms with E-state index in [1.807, 2.05) is 0 Å². The summed E-state index contributed by atoms with van der Waals surface area (Å²) in [4.78, 5) is 0. The first kappa shape index (κ1) is 23.4. The van der Waals surface area contributed by atoms with Crippen LogP contribution in [0.1, 0.15) is 113 Å². The second-order valence-electron chi connectivity index (χ2n) is 15.1. The van der Waals surface area contributed by atoms with Crippen molar-refractivity contribution in [3.63, 3.8) is 0 Å². The normalized spacial score (nSPS) is 53.8. The molecule has 0 saturated heterocycles. The van der Waals surface area contributed by atoms with Crippen molar-refractivity contribution in [3.8, 4) is 0 Å². The molecule has 2 heteroatoms. The number of aliphatic hydroxyl groups is 2. The number of allylic oxidation sites excluding steroid dienone is 2. The summed E-state index contributed by atoms with van der Waals surface area (Å²) in [7, 11) is 0. The molecule has 32 heavy (non-hydrogen) atoms. The molecule has 0 aliphatic heterocycles. The van der Waals surface area contributed by atoms with Crippen molar-refractivity contribution in [3.05, 3.63) is 11.6 Å². The van der Waals surface area contributed by atoms with Gasteiger partial charge in [-0.1, -0.05) is 60.1 Å². The second-order valence-corrected chi connectivity index (χ2v) is 15.1. The predicted molar refractivity (Wildman–Crippen MR) is 132 cm³/mol. The summed E-state index contributed by atoms with van der Waals surface area (Å²) in [6.45, 7) is 17.8. The molecule has 0 aromatic carbocycles. The maximum atomic E-state index is 10.9. The van der Waals surface area contributed by atoms with E-state index in [0.717, 1.165) is 6.42 Å². The maximum Gasteiger partial charge on any atom is 0.0594 e. The summed E-state index contributed by atoms with van der Waals surface area (Å²) >= 11 is 0. The number of hydrogen-bond acceptors (Lipinski definition) is 2. The molecule has 5 aliphatic carbocycles. The van der Waals surface area contributed by atoms with Crippen molar-refractivity contribution in [2.24, 2.45) is 50.2 Å². The first-order valence-electron chi connectivity index (χ1n) is 13.8. The number of hydrogen-bond donors (Lipinski definition) is 2. The Kier molecular flexibility index (Phi) is 5.02. The molecule has 0 aromatic heterocycles. The molecule has 5 rings (SSSR count). The van der Waals surface area contributed by atoms with Gasteiger partial charge in [-0.3, -0.25) is 0 Å². The summed E-state index contributed by atoms with van der Waals surface area (Å²) < 4.78 is 0. The Morgan fingerprint density at radius 2 is 1.53 bits per heavy atom. The van der Waals surface area contributed by atoms with E-state index in [2.05, 4.69) is 54.5 Å². The summed E-state index contributed by atoms with van der Waals surface area (Å²) in [5.41, 5.74) is 3.16. The topological polar surface area (TPSA) is 40.5 Å². The first-order valence-corrected chi connectivity index (χ1v) is 13.8. The molecule has 0 heterocycles. The fourth-order valence-electron chi connectivity index (χ4n) is 10.6. The molecule has 5 aliphatic rings. The van der Waals surface area contributed by atoms with Crippen LogP contribution in [0.15, 0.2) is 11.6 Å². The fraction of sp³-hybridized carbons (Fsp3) is 0.933. The minimum absolute atomic E-state index is 0.0191. The van der Waals surface area contributed by atoms with E-state index >= 15 is 0 Å². The highest BCUT2D eigenvalue weighted by molar-refractivity contribution is 5.33. The lowest BCUT2D eigenvalue weighted by Gasteiger charge is -2.71. The third kappa shape index (κ3) is 2.78. The van der Waals surface area contributed by atoms with Crippen LogP contribution in [-0.2, 0) is 0 Å². The molecule has 182 valence electrons. The fourth-order valence-corrected chi connectivity index (χ4v) is 10.6. The minimum Gasteiger partial charge on any atom is -0.396 e. The Hall–Kier alpha value is -0.340. The Balaban J connectivity index is 1.58. The van der Waals surface area contributed by atoms with Gasteiger partial charge < -0.3 is 10.2 Å². The maximum absolute atomic E-state index is 10.9. The Morgan fingerprint density at radius 1 is 0.844 bits per heavy atom. The molecule has 1 unspecified atom stereocenters. The highest BCUT2D eigenvalue weighted by atomic mass is 16.3. The van der Waals surface area contributed by atoms with Gasteiger partial charge in [0.05, 0.1) is 6.10 Å².